The fourth-order valence-corrected chi connectivity index (χ4v) is 3.28. The summed E-state index contributed by atoms with van der Waals surface area (Å²) in [6, 6.07) is 16.4. The molecule has 158 valence electrons. The molecule has 2 amide bonds. The van der Waals surface area contributed by atoms with Gasteiger partial charge in [0.1, 0.15) is 5.75 Å². The maximum absolute atomic E-state index is 12.3. The molecule has 0 unspecified atom stereocenters. The van der Waals surface area contributed by atoms with Gasteiger partial charge >= 0.3 is 0 Å². The van der Waals surface area contributed by atoms with Crippen molar-refractivity contribution in [1.29, 1.82) is 0 Å². The molecule has 0 spiro atoms. The summed E-state index contributed by atoms with van der Waals surface area (Å²) in [7, 11) is 1.48. The average molecular weight is 409 g/mol. The number of hydrogen-bond donors (Lipinski definition) is 1. The predicted molar refractivity (Wildman–Crippen MR) is 114 cm³/mol. The van der Waals surface area contributed by atoms with Crippen molar-refractivity contribution in [1.82, 2.24) is 10.3 Å². The van der Waals surface area contributed by atoms with Crippen LogP contribution in [0.1, 0.15) is 36.5 Å². The van der Waals surface area contributed by atoms with Crippen LogP contribution in [0.3, 0.4) is 0 Å². The minimum Gasteiger partial charge on any atom is -0.484 e. The first-order chi connectivity index (χ1) is 14.7. The molecule has 1 N–H and O–H groups in total. The van der Waals surface area contributed by atoms with E-state index in [-0.39, 0.29) is 18.4 Å². The second kappa shape index (κ2) is 11.1. The number of nitrogens with zero attached hydrogens (tertiary/aromatic N) is 2. The summed E-state index contributed by atoms with van der Waals surface area (Å²) in [5, 5.41) is 3.99. The van der Waals surface area contributed by atoms with Crippen molar-refractivity contribution in [2.75, 3.05) is 26.8 Å². The molecule has 30 heavy (non-hydrogen) atoms. The topological polar surface area (TPSA) is 80.2 Å². The Morgan fingerprint density at radius 3 is 2.43 bits per heavy atom. The molecule has 1 aliphatic rings. The highest BCUT2D eigenvalue weighted by atomic mass is 16.5. The van der Waals surface area contributed by atoms with Crippen LogP contribution in [0.15, 0.2) is 59.7 Å². The van der Waals surface area contributed by atoms with Gasteiger partial charge < -0.3 is 14.4 Å². The lowest BCUT2D eigenvalue weighted by Crippen LogP contribution is -2.38. The number of methoxy groups -OCH3 is 1. The van der Waals surface area contributed by atoms with Crippen molar-refractivity contribution >= 4 is 18.0 Å². The van der Waals surface area contributed by atoms with Crippen molar-refractivity contribution in [3.8, 4) is 5.75 Å². The molecule has 7 heteroatoms. The summed E-state index contributed by atoms with van der Waals surface area (Å²) in [4.78, 5) is 26.3. The van der Waals surface area contributed by atoms with Crippen molar-refractivity contribution in [2.45, 2.75) is 25.4 Å². The van der Waals surface area contributed by atoms with E-state index in [9.17, 15) is 9.59 Å². The molecule has 1 heterocycles. The molecule has 3 rings (SSSR count). The summed E-state index contributed by atoms with van der Waals surface area (Å²) in [5.41, 5.74) is 4.04. The summed E-state index contributed by atoms with van der Waals surface area (Å²) in [5.74, 6) is 0.287. The van der Waals surface area contributed by atoms with Gasteiger partial charge in [-0.15, -0.1) is 0 Å². The van der Waals surface area contributed by atoms with E-state index >= 15 is 0 Å². The number of amides is 2. The molecule has 0 bridgehead atoms. The normalized spacial score (nSPS) is 15.0. The fraction of sp³-hybridized carbons (Fsp3) is 0.348. The summed E-state index contributed by atoms with van der Waals surface area (Å²) >= 11 is 0. The van der Waals surface area contributed by atoms with Crippen LogP contribution in [-0.4, -0.2) is 49.7 Å². The first-order valence-electron chi connectivity index (χ1n) is 10.1. The first-order valence-corrected chi connectivity index (χ1v) is 10.1. The third-order valence-electron chi connectivity index (χ3n) is 4.92. The van der Waals surface area contributed by atoms with Gasteiger partial charge in [-0.3, -0.25) is 9.59 Å². The molecule has 2 aromatic carbocycles. The number of hydrazone groups is 1. The smallest absolute Gasteiger partial charge is 0.273 e. The Kier molecular flexibility index (Phi) is 7.97. The number of benzene rings is 2. The van der Waals surface area contributed by atoms with Gasteiger partial charge in [0.25, 0.3) is 11.8 Å². The van der Waals surface area contributed by atoms with Crippen molar-refractivity contribution in [2.24, 2.45) is 5.10 Å². The second-order valence-electron chi connectivity index (χ2n) is 7.06. The Balaban J connectivity index is 1.47. The van der Waals surface area contributed by atoms with Crippen LogP contribution in [0.4, 0.5) is 0 Å². The molecule has 0 aromatic heterocycles. The zero-order chi connectivity index (χ0) is 21.2. The van der Waals surface area contributed by atoms with Crippen molar-refractivity contribution in [3.05, 3.63) is 65.7 Å². The van der Waals surface area contributed by atoms with E-state index in [1.165, 1.54) is 19.7 Å². The van der Waals surface area contributed by atoms with Crippen molar-refractivity contribution < 1.29 is 19.1 Å². The molecular weight excluding hydrogens is 382 g/mol. The number of nitrogens with one attached hydrogen (secondary N) is 1. The van der Waals surface area contributed by atoms with Crippen LogP contribution in [0, 0.1) is 0 Å². The third-order valence-corrected chi connectivity index (χ3v) is 4.92. The molecule has 1 fully saturated rings. The number of likely N-dealkylation sites (tertiary alicyclic amines) is 1. The van der Waals surface area contributed by atoms with Gasteiger partial charge in [-0.2, -0.15) is 5.10 Å². The van der Waals surface area contributed by atoms with E-state index in [2.05, 4.69) is 10.5 Å². The maximum Gasteiger partial charge on any atom is 0.273 e. The average Bonchev–Trinajstić information content (AvgIpc) is 2.80. The molecule has 7 nitrogen and oxygen atoms in total. The number of carbonyl (C=O) groups is 2. The van der Waals surface area contributed by atoms with Crippen LogP contribution in [0.25, 0.3) is 0 Å². The number of rotatable bonds is 8. The Hall–Kier alpha value is -3.19. The molecule has 0 saturated carbocycles. The van der Waals surface area contributed by atoms with Crippen LogP contribution in [0.5, 0.6) is 5.75 Å². The SMILES string of the molecule is CO[C@@H](C(=O)N/N=C\c1ccc(OCC(=O)N2CCCCC2)cc1)c1ccccc1. The Morgan fingerprint density at radius 1 is 1.07 bits per heavy atom. The van der Waals surface area contributed by atoms with Gasteiger partial charge in [0.15, 0.2) is 12.7 Å². The predicted octanol–water partition coefficient (Wildman–Crippen LogP) is 2.92. The zero-order valence-electron chi connectivity index (χ0n) is 17.1. The molecule has 1 saturated heterocycles. The Morgan fingerprint density at radius 2 is 1.77 bits per heavy atom. The quantitative estimate of drug-likeness (QED) is 0.537. The summed E-state index contributed by atoms with van der Waals surface area (Å²) in [6.07, 6.45) is 4.13. The highest BCUT2D eigenvalue weighted by molar-refractivity contribution is 5.85. The van der Waals surface area contributed by atoms with Gasteiger partial charge in [0.2, 0.25) is 0 Å². The lowest BCUT2D eigenvalue weighted by molar-refractivity contribution is -0.134. The number of piperidine rings is 1. The Labute approximate surface area is 176 Å². The number of carbonyl (C=O) groups excluding carboxylic acids is 2. The van der Waals surface area contributed by atoms with Gasteiger partial charge in [0.05, 0.1) is 6.21 Å². The number of ether oxygens (including phenoxy) is 2. The summed E-state index contributed by atoms with van der Waals surface area (Å²) in [6.45, 7) is 1.68. The van der Waals surface area contributed by atoms with E-state index in [1.54, 1.807) is 24.3 Å². The minimum atomic E-state index is -0.725. The van der Waals surface area contributed by atoms with Crippen LogP contribution in [0.2, 0.25) is 0 Å². The van der Waals surface area contributed by atoms with Crippen LogP contribution < -0.4 is 10.2 Å². The van der Waals surface area contributed by atoms with Gasteiger partial charge in [-0.05, 0) is 54.7 Å². The number of hydrogen-bond acceptors (Lipinski definition) is 5. The standard InChI is InChI=1S/C23H27N3O4/c1-29-22(19-8-4-2-5-9-19)23(28)25-24-16-18-10-12-20(13-11-18)30-17-21(27)26-14-6-3-7-15-26/h2,4-5,8-13,16,22H,3,6-7,14-15,17H2,1H3,(H,25,28)/b24-16-/t22-/m1/s1. The molecule has 2 aromatic rings. The van der Waals surface area contributed by atoms with E-state index in [0.29, 0.717) is 5.75 Å². The molecule has 0 aliphatic carbocycles. The Bertz CT molecular complexity index is 847. The van der Waals surface area contributed by atoms with E-state index in [4.69, 9.17) is 9.47 Å². The summed E-state index contributed by atoms with van der Waals surface area (Å²) < 4.78 is 10.9. The lowest BCUT2D eigenvalue weighted by atomic mass is 10.1. The van der Waals surface area contributed by atoms with E-state index < -0.39 is 6.10 Å². The fourth-order valence-electron chi connectivity index (χ4n) is 3.28. The highest BCUT2D eigenvalue weighted by Crippen LogP contribution is 2.16. The lowest BCUT2D eigenvalue weighted by Gasteiger charge is -2.26. The van der Waals surface area contributed by atoms with E-state index in [0.717, 1.165) is 37.1 Å². The monoisotopic (exact) mass is 409 g/mol. The minimum absolute atomic E-state index is 0.0224. The molecule has 1 atom stereocenters. The van der Waals surface area contributed by atoms with Crippen molar-refractivity contribution in [3.63, 3.8) is 0 Å². The molecule has 1 aliphatic heterocycles. The molecule has 0 radical (unpaired) electrons. The maximum atomic E-state index is 12.3. The van der Waals surface area contributed by atoms with Gasteiger partial charge in [0, 0.05) is 20.2 Å². The zero-order valence-corrected chi connectivity index (χ0v) is 17.1. The molecular formula is C23H27N3O4. The third kappa shape index (κ3) is 6.15. The van der Waals surface area contributed by atoms with E-state index in [1.807, 2.05) is 35.2 Å². The van der Waals surface area contributed by atoms with Gasteiger partial charge in [-0.25, -0.2) is 5.43 Å². The second-order valence-corrected chi connectivity index (χ2v) is 7.06. The van der Waals surface area contributed by atoms with Gasteiger partial charge in [-0.1, -0.05) is 30.3 Å². The highest BCUT2D eigenvalue weighted by Gasteiger charge is 2.19. The van der Waals surface area contributed by atoms with Crippen LogP contribution in [-0.2, 0) is 14.3 Å². The van der Waals surface area contributed by atoms with Crippen LogP contribution >= 0.6 is 0 Å². The largest absolute Gasteiger partial charge is 0.484 e. The first kappa shape index (κ1) is 21.5.